The molecule has 1 aromatic heterocycles. The summed E-state index contributed by atoms with van der Waals surface area (Å²) in [7, 11) is 0. The lowest BCUT2D eigenvalue weighted by Gasteiger charge is -2.03. The number of hydrogen-bond donors (Lipinski definition) is 3. The first-order valence-electron chi connectivity index (χ1n) is 7.71. The average Bonchev–Trinajstić information content (AvgIpc) is 3.00. The molecular formula is C18H13Cl2N3O3S. The zero-order valence-corrected chi connectivity index (χ0v) is 16.0. The molecule has 27 heavy (non-hydrogen) atoms. The molecule has 0 saturated carbocycles. The van der Waals surface area contributed by atoms with E-state index in [1.807, 2.05) is 24.3 Å². The van der Waals surface area contributed by atoms with Gasteiger partial charge in [0.1, 0.15) is 10.6 Å². The number of nitrogens with zero attached hydrogens (tertiary/aromatic N) is 1. The van der Waals surface area contributed by atoms with Crippen molar-refractivity contribution < 1.29 is 14.7 Å². The molecule has 0 spiro atoms. The van der Waals surface area contributed by atoms with Gasteiger partial charge in [0.2, 0.25) is 0 Å². The first-order valence-corrected chi connectivity index (χ1v) is 9.28. The number of carbonyl (C=O) groups excluding carboxylic acids is 2. The molecule has 6 nitrogen and oxygen atoms in total. The third kappa shape index (κ3) is 4.57. The van der Waals surface area contributed by atoms with E-state index < -0.39 is 11.8 Å². The molecule has 3 N–H and O–H groups in total. The van der Waals surface area contributed by atoms with Gasteiger partial charge in [-0.3, -0.25) is 9.59 Å². The summed E-state index contributed by atoms with van der Waals surface area (Å²) < 4.78 is 0.892. The summed E-state index contributed by atoms with van der Waals surface area (Å²) in [6.45, 7) is -0.276. The van der Waals surface area contributed by atoms with E-state index in [9.17, 15) is 14.7 Å². The summed E-state index contributed by atoms with van der Waals surface area (Å²) in [6.07, 6.45) is 1.25. The van der Waals surface area contributed by atoms with Gasteiger partial charge in [0.15, 0.2) is 0 Å². The van der Waals surface area contributed by atoms with Gasteiger partial charge in [0, 0.05) is 20.7 Å². The number of phenols is 1. The lowest BCUT2D eigenvalue weighted by molar-refractivity contribution is -0.120. The number of nitrogens with one attached hydrogen (secondary N) is 2. The second-order valence-electron chi connectivity index (χ2n) is 5.42. The molecule has 0 aliphatic heterocycles. The van der Waals surface area contributed by atoms with Crippen molar-refractivity contribution in [1.29, 1.82) is 0 Å². The molecular weight excluding hydrogens is 409 g/mol. The first kappa shape index (κ1) is 19.2. The zero-order chi connectivity index (χ0) is 19.4. The molecule has 0 radical (unpaired) electrons. The summed E-state index contributed by atoms with van der Waals surface area (Å²) in [5, 5.41) is 17.5. The Kier molecular flexibility index (Phi) is 5.95. The Morgan fingerprint density at radius 2 is 1.96 bits per heavy atom. The quantitative estimate of drug-likeness (QED) is 0.432. The van der Waals surface area contributed by atoms with E-state index in [1.54, 1.807) is 0 Å². The molecule has 0 fully saturated rings. The van der Waals surface area contributed by atoms with E-state index >= 15 is 0 Å². The molecule has 0 saturated heterocycles. The van der Waals surface area contributed by atoms with Crippen molar-refractivity contribution >= 4 is 62.7 Å². The second kappa shape index (κ2) is 8.39. The molecule has 3 rings (SSSR count). The van der Waals surface area contributed by atoms with E-state index in [2.05, 4.69) is 15.8 Å². The monoisotopic (exact) mass is 421 g/mol. The molecule has 9 heteroatoms. The van der Waals surface area contributed by atoms with Crippen LogP contribution in [0.4, 0.5) is 0 Å². The molecule has 0 unspecified atom stereocenters. The normalized spacial score (nSPS) is 11.0. The van der Waals surface area contributed by atoms with Crippen LogP contribution in [0.2, 0.25) is 10.0 Å². The topological polar surface area (TPSA) is 90.8 Å². The van der Waals surface area contributed by atoms with Crippen LogP contribution in [0, 0.1) is 0 Å². The van der Waals surface area contributed by atoms with Crippen LogP contribution in [-0.4, -0.2) is 29.7 Å². The zero-order valence-electron chi connectivity index (χ0n) is 13.7. The average molecular weight is 422 g/mol. The Bertz CT molecular complexity index is 1050. The molecule has 138 valence electrons. The Morgan fingerprint density at radius 1 is 1.19 bits per heavy atom. The maximum Gasteiger partial charge on any atom is 0.263 e. The minimum atomic E-state index is -0.529. The maximum absolute atomic E-state index is 12.3. The number of fused-ring (bicyclic) bond motifs is 1. The van der Waals surface area contributed by atoms with Crippen LogP contribution in [0.5, 0.6) is 5.75 Å². The summed E-state index contributed by atoms with van der Waals surface area (Å²) >= 11 is 13.3. The molecule has 0 atom stereocenters. The molecule has 3 aromatic rings. The molecule has 0 aliphatic rings. The van der Waals surface area contributed by atoms with Gasteiger partial charge in [-0.1, -0.05) is 41.4 Å². The minimum Gasteiger partial charge on any atom is -0.507 e. The van der Waals surface area contributed by atoms with Crippen molar-refractivity contribution in [3.8, 4) is 5.75 Å². The van der Waals surface area contributed by atoms with E-state index in [1.165, 1.54) is 35.8 Å². The Labute approximate surface area is 168 Å². The highest BCUT2D eigenvalue weighted by Gasteiger charge is 2.17. The smallest absolute Gasteiger partial charge is 0.263 e. The fraction of sp³-hybridized carbons (Fsp3) is 0.0556. The van der Waals surface area contributed by atoms with Gasteiger partial charge in [-0.2, -0.15) is 5.10 Å². The van der Waals surface area contributed by atoms with Crippen LogP contribution in [-0.2, 0) is 4.79 Å². The summed E-state index contributed by atoms with van der Waals surface area (Å²) in [5.74, 6) is -0.990. The fourth-order valence-electron chi connectivity index (χ4n) is 2.24. The number of phenolic OH excluding ortho intramolecular Hbond substituents is 1. The van der Waals surface area contributed by atoms with Gasteiger partial charge in [-0.05, 0) is 24.3 Å². The number of benzene rings is 2. The van der Waals surface area contributed by atoms with Crippen molar-refractivity contribution in [3.05, 3.63) is 63.0 Å². The molecule has 0 aliphatic carbocycles. The number of hydrogen-bond acceptors (Lipinski definition) is 5. The number of thiophene rings is 1. The number of hydrazone groups is 1. The summed E-state index contributed by atoms with van der Waals surface area (Å²) in [5.41, 5.74) is 2.61. The van der Waals surface area contributed by atoms with Crippen molar-refractivity contribution in [1.82, 2.24) is 10.7 Å². The van der Waals surface area contributed by atoms with E-state index in [0.29, 0.717) is 20.5 Å². The van der Waals surface area contributed by atoms with E-state index in [0.717, 1.165) is 10.1 Å². The van der Waals surface area contributed by atoms with Gasteiger partial charge in [0.25, 0.3) is 11.8 Å². The van der Waals surface area contributed by atoms with Crippen molar-refractivity contribution in [2.75, 3.05) is 6.54 Å². The Balaban J connectivity index is 1.57. The number of halogens is 2. The van der Waals surface area contributed by atoms with Gasteiger partial charge < -0.3 is 10.4 Å². The van der Waals surface area contributed by atoms with Gasteiger partial charge in [-0.25, -0.2) is 5.43 Å². The second-order valence-corrected chi connectivity index (χ2v) is 7.29. The van der Waals surface area contributed by atoms with Gasteiger partial charge >= 0.3 is 0 Å². The van der Waals surface area contributed by atoms with Crippen LogP contribution in [0.25, 0.3) is 10.1 Å². The summed E-state index contributed by atoms with van der Waals surface area (Å²) in [4.78, 5) is 24.4. The first-order chi connectivity index (χ1) is 13.0. The van der Waals surface area contributed by atoms with Crippen LogP contribution < -0.4 is 10.7 Å². The number of rotatable bonds is 5. The highest BCUT2D eigenvalue weighted by molar-refractivity contribution is 7.21. The maximum atomic E-state index is 12.3. The third-order valence-corrected chi connectivity index (χ3v) is 5.44. The van der Waals surface area contributed by atoms with Crippen molar-refractivity contribution in [2.45, 2.75) is 0 Å². The SMILES string of the molecule is O=C(CNC(=O)c1sc2ccccc2c1Cl)NN=Cc1cc(Cl)ccc1O. The third-order valence-electron chi connectivity index (χ3n) is 3.53. The van der Waals surface area contributed by atoms with Gasteiger partial charge in [-0.15, -0.1) is 11.3 Å². The number of amides is 2. The lowest BCUT2D eigenvalue weighted by Crippen LogP contribution is -2.34. The fourth-order valence-corrected chi connectivity index (χ4v) is 3.86. The predicted octanol–water partition coefficient (Wildman–Crippen LogP) is 3.79. The number of carbonyl (C=O) groups is 2. The Hall–Kier alpha value is -2.61. The molecule has 2 amide bonds. The van der Waals surface area contributed by atoms with E-state index in [-0.39, 0.29) is 12.3 Å². The molecule has 0 bridgehead atoms. The predicted molar refractivity (Wildman–Crippen MR) is 108 cm³/mol. The highest BCUT2D eigenvalue weighted by Crippen LogP contribution is 2.34. The molecule has 2 aromatic carbocycles. The van der Waals surface area contributed by atoms with E-state index in [4.69, 9.17) is 23.2 Å². The van der Waals surface area contributed by atoms with Crippen LogP contribution in [0.3, 0.4) is 0 Å². The molecule has 1 heterocycles. The standard InChI is InChI=1S/C18H13Cl2N3O3S/c19-11-5-6-13(24)10(7-11)8-22-23-15(25)9-21-18(26)17-16(20)12-3-1-2-4-14(12)27-17/h1-8,24H,9H2,(H,21,26)(H,23,25). The van der Waals surface area contributed by atoms with Crippen molar-refractivity contribution in [2.24, 2.45) is 5.10 Å². The van der Waals surface area contributed by atoms with Crippen LogP contribution in [0.1, 0.15) is 15.2 Å². The Morgan fingerprint density at radius 3 is 2.74 bits per heavy atom. The minimum absolute atomic E-state index is 0.0231. The number of aromatic hydroxyl groups is 1. The van der Waals surface area contributed by atoms with Crippen LogP contribution >= 0.6 is 34.5 Å². The lowest BCUT2D eigenvalue weighted by atomic mass is 10.2. The van der Waals surface area contributed by atoms with Crippen molar-refractivity contribution in [3.63, 3.8) is 0 Å². The van der Waals surface area contributed by atoms with Gasteiger partial charge in [0.05, 0.1) is 17.8 Å². The largest absolute Gasteiger partial charge is 0.507 e. The highest BCUT2D eigenvalue weighted by atomic mass is 35.5. The van der Waals surface area contributed by atoms with Crippen LogP contribution in [0.15, 0.2) is 47.6 Å². The summed E-state index contributed by atoms with van der Waals surface area (Å²) in [6, 6.07) is 11.8.